The van der Waals surface area contributed by atoms with Gasteiger partial charge in [0.25, 0.3) is 0 Å². The number of carbonyl (C=O) groups excluding carboxylic acids is 1. The summed E-state index contributed by atoms with van der Waals surface area (Å²) in [6, 6.07) is 20.6. The largest absolute Gasteiger partial charge is 1.00 e. The zero-order chi connectivity index (χ0) is 24.4. The van der Waals surface area contributed by atoms with Crippen LogP contribution in [0.25, 0.3) is 5.69 Å². The van der Waals surface area contributed by atoms with Crippen LogP contribution in [0.2, 0.25) is 0 Å². The van der Waals surface area contributed by atoms with E-state index < -0.39 is 5.41 Å². The number of hydrogen-bond donors (Lipinski definition) is 0. The molecule has 6 nitrogen and oxygen atoms in total. The van der Waals surface area contributed by atoms with E-state index in [9.17, 15) is 4.79 Å². The Balaban J connectivity index is 0.00000280. The van der Waals surface area contributed by atoms with Crippen molar-refractivity contribution in [3.8, 4) is 5.69 Å². The van der Waals surface area contributed by atoms with E-state index in [1.807, 2.05) is 41.1 Å². The lowest BCUT2D eigenvalue weighted by Crippen LogP contribution is -3.00. The summed E-state index contributed by atoms with van der Waals surface area (Å²) < 4.78 is 9.32. The number of rotatable bonds is 6. The van der Waals surface area contributed by atoms with Gasteiger partial charge in [0.15, 0.2) is 6.10 Å². The van der Waals surface area contributed by atoms with Crippen molar-refractivity contribution in [2.45, 2.75) is 69.4 Å². The molecule has 196 valence electrons. The summed E-state index contributed by atoms with van der Waals surface area (Å²) in [5.41, 5.74) is 2.68. The highest BCUT2D eigenvalue weighted by atomic mass is 35.5. The number of halogens is 1. The molecule has 7 heteroatoms. The maximum absolute atomic E-state index is 14.0. The number of fused-ring (bicyclic) bond motifs is 3. The summed E-state index contributed by atoms with van der Waals surface area (Å²) in [5, 5.41) is 8.89. The van der Waals surface area contributed by atoms with Crippen LogP contribution in [0.1, 0.15) is 62.6 Å². The molecule has 4 aliphatic rings. The highest BCUT2D eigenvalue weighted by molar-refractivity contribution is 5.83. The third-order valence-electron chi connectivity index (χ3n) is 9.03. The third-order valence-corrected chi connectivity index (χ3v) is 9.03. The molecule has 0 radical (unpaired) electrons. The summed E-state index contributed by atoms with van der Waals surface area (Å²) in [7, 11) is 0. The van der Waals surface area contributed by atoms with Gasteiger partial charge in [0, 0.05) is 18.8 Å². The van der Waals surface area contributed by atoms with Crippen LogP contribution in [0.5, 0.6) is 0 Å². The van der Waals surface area contributed by atoms with Crippen LogP contribution in [0, 0.1) is 5.92 Å². The lowest BCUT2D eigenvalue weighted by atomic mass is 9.74. The van der Waals surface area contributed by atoms with Gasteiger partial charge in [0.05, 0.1) is 30.4 Å². The second-order valence-corrected chi connectivity index (χ2v) is 11.3. The molecule has 37 heavy (non-hydrogen) atoms. The van der Waals surface area contributed by atoms with E-state index in [0.29, 0.717) is 5.92 Å². The van der Waals surface area contributed by atoms with Gasteiger partial charge < -0.3 is 21.6 Å². The Morgan fingerprint density at radius 2 is 1.59 bits per heavy atom. The molecule has 2 bridgehead atoms. The average Bonchev–Trinajstić information content (AvgIpc) is 3.23. The number of ether oxygens (including phenoxy) is 1. The van der Waals surface area contributed by atoms with Crippen LogP contribution in [0.3, 0.4) is 0 Å². The van der Waals surface area contributed by atoms with Crippen LogP contribution in [-0.2, 0) is 21.5 Å². The molecule has 0 amide bonds. The van der Waals surface area contributed by atoms with Crippen molar-refractivity contribution in [1.29, 1.82) is 0 Å². The van der Waals surface area contributed by atoms with Gasteiger partial charge in [-0.2, -0.15) is 0 Å². The van der Waals surface area contributed by atoms with Gasteiger partial charge in [-0.25, -0.2) is 4.68 Å². The maximum atomic E-state index is 14.0. The summed E-state index contributed by atoms with van der Waals surface area (Å²) >= 11 is 0. The fraction of sp³-hybridized carbons (Fsp3) is 0.500. The third kappa shape index (κ3) is 5.19. The molecule has 0 spiro atoms. The zero-order valence-corrected chi connectivity index (χ0v) is 22.2. The van der Waals surface area contributed by atoms with Crippen molar-refractivity contribution in [3.63, 3.8) is 0 Å². The molecule has 2 aromatic carbocycles. The molecule has 4 fully saturated rings. The highest BCUT2D eigenvalue weighted by Crippen LogP contribution is 2.42. The minimum atomic E-state index is -0.493. The molecule has 3 aromatic rings. The van der Waals surface area contributed by atoms with Gasteiger partial charge in [-0.15, -0.1) is 5.10 Å². The van der Waals surface area contributed by atoms with E-state index in [2.05, 4.69) is 40.8 Å². The Hall–Kier alpha value is -2.70. The molecule has 1 aromatic heterocycles. The molecule has 0 unspecified atom stereocenters. The quantitative estimate of drug-likeness (QED) is 0.284. The summed E-state index contributed by atoms with van der Waals surface area (Å²) in [5.74, 6) is 0.495. The topological polar surface area (TPSA) is 57.0 Å². The molecule has 0 N–H and O–H groups in total. The van der Waals surface area contributed by atoms with Gasteiger partial charge in [0.2, 0.25) is 0 Å². The Kier molecular flexibility index (Phi) is 7.68. The second kappa shape index (κ2) is 11.0. The zero-order valence-electron chi connectivity index (χ0n) is 21.5. The normalized spacial score (nSPS) is 26.6. The molecule has 7 rings (SSSR count). The van der Waals surface area contributed by atoms with Crippen LogP contribution in [0.4, 0.5) is 0 Å². The Morgan fingerprint density at radius 1 is 0.946 bits per heavy atom. The minimum absolute atomic E-state index is 0. The van der Waals surface area contributed by atoms with E-state index in [0.717, 1.165) is 86.1 Å². The summed E-state index contributed by atoms with van der Waals surface area (Å²) in [4.78, 5) is 14.0. The van der Waals surface area contributed by atoms with Crippen LogP contribution in [-0.4, -0.2) is 51.2 Å². The number of hydrogen-bond acceptors (Lipinski definition) is 4. The monoisotopic (exact) mass is 520 g/mol. The van der Waals surface area contributed by atoms with Gasteiger partial charge in [-0.1, -0.05) is 79.4 Å². The van der Waals surface area contributed by atoms with E-state index in [-0.39, 0.29) is 24.5 Å². The lowest BCUT2D eigenvalue weighted by molar-refractivity contribution is -0.958. The predicted molar refractivity (Wildman–Crippen MR) is 138 cm³/mol. The average molecular weight is 521 g/mol. The predicted octanol–water partition coefficient (Wildman–Crippen LogP) is 2.22. The van der Waals surface area contributed by atoms with Crippen LogP contribution in [0.15, 0.2) is 66.9 Å². The molecule has 3 aliphatic heterocycles. The van der Waals surface area contributed by atoms with Crippen molar-refractivity contribution >= 4 is 5.97 Å². The van der Waals surface area contributed by atoms with Crippen molar-refractivity contribution in [3.05, 3.63) is 78.1 Å². The van der Waals surface area contributed by atoms with E-state index in [4.69, 9.17) is 4.74 Å². The number of aromatic nitrogens is 3. The van der Waals surface area contributed by atoms with Crippen LogP contribution < -0.4 is 12.4 Å². The van der Waals surface area contributed by atoms with Gasteiger partial charge >= 0.3 is 5.97 Å². The fourth-order valence-corrected chi connectivity index (χ4v) is 6.95. The first-order valence-electron chi connectivity index (χ1n) is 13.7. The smallest absolute Gasteiger partial charge is 0.317 e. The molecule has 1 aliphatic carbocycles. The summed E-state index contributed by atoms with van der Waals surface area (Å²) in [6.45, 7) is 3.98. The van der Waals surface area contributed by atoms with Crippen molar-refractivity contribution in [2.75, 3.05) is 19.6 Å². The van der Waals surface area contributed by atoms with Gasteiger partial charge in [-0.3, -0.25) is 4.79 Å². The fourth-order valence-electron chi connectivity index (χ4n) is 6.95. The highest BCUT2D eigenvalue weighted by Gasteiger charge is 2.50. The first kappa shape index (κ1) is 25.9. The number of quaternary nitrogens is 1. The number of benzene rings is 2. The standard InChI is InChI=1S/C30H37N4O2.ClH/c35-29(30(17-9-1-2-10-18-30)25-11-5-3-6-12-25)36-28-23-34(19-15-24(28)16-20-34)22-26-21-33(32-31-26)27-13-7-4-8-14-27;/h3-8,11-14,21,24,28H,1-2,9-10,15-20,22-23H2;1H/q+1;/p-1/t24?,28-,34?;/m0./s1. The molecular formula is C30H37ClN4O2. The van der Waals surface area contributed by atoms with E-state index in [1.54, 1.807) is 0 Å². The second-order valence-electron chi connectivity index (χ2n) is 11.3. The molecule has 4 heterocycles. The number of piperidine rings is 3. The van der Waals surface area contributed by atoms with Gasteiger partial charge in [-0.05, 0) is 30.5 Å². The van der Waals surface area contributed by atoms with Gasteiger partial charge in [0.1, 0.15) is 18.8 Å². The van der Waals surface area contributed by atoms with Crippen molar-refractivity contribution < 1.29 is 26.4 Å². The Bertz CT molecular complexity index is 1170. The molecule has 3 saturated heterocycles. The number of carbonyl (C=O) groups is 1. The summed E-state index contributed by atoms with van der Waals surface area (Å²) in [6.07, 6.45) is 10.7. The van der Waals surface area contributed by atoms with Crippen molar-refractivity contribution in [1.82, 2.24) is 15.0 Å². The number of nitrogens with zero attached hydrogens (tertiary/aromatic N) is 4. The van der Waals surface area contributed by atoms with Crippen LogP contribution >= 0.6 is 0 Å². The van der Waals surface area contributed by atoms with E-state index in [1.165, 1.54) is 12.8 Å². The lowest BCUT2D eigenvalue weighted by Gasteiger charge is -2.52. The minimum Gasteiger partial charge on any atom is -1.00 e. The molecule has 1 saturated carbocycles. The SMILES string of the molecule is O=C(O[C@H]1C[N+]2(Cc3cn(-c4ccccc4)nn3)CCC1CC2)C1(c2ccccc2)CCCCCC1.[Cl-]. The Morgan fingerprint density at radius 3 is 2.27 bits per heavy atom. The Labute approximate surface area is 226 Å². The van der Waals surface area contributed by atoms with Crippen molar-refractivity contribution in [2.24, 2.45) is 5.92 Å². The first-order chi connectivity index (χ1) is 17.7. The van der Waals surface area contributed by atoms with E-state index >= 15 is 0 Å². The number of esters is 1. The maximum Gasteiger partial charge on any atom is 0.317 e. The first-order valence-corrected chi connectivity index (χ1v) is 13.7. The molecular weight excluding hydrogens is 484 g/mol. The molecule has 1 atom stereocenters. The number of para-hydroxylation sites is 1.